The van der Waals surface area contributed by atoms with Crippen LogP contribution in [0.1, 0.15) is 27.7 Å². The van der Waals surface area contributed by atoms with Crippen molar-refractivity contribution in [3.63, 3.8) is 0 Å². The molecule has 0 aliphatic rings. The SMILES string of the molecule is CC(C)=O.CC(C)=O.O=C(O)O.O=C([O-])[O-].[K+].[K+]. The summed E-state index contributed by atoms with van der Waals surface area (Å²) < 4.78 is 0. The molecular weight excluding hydrogens is 302 g/mol. The van der Waals surface area contributed by atoms with E-state index in [2.05, 4.69) is 0 Å². The van der Waals surface area contributed by atoms with E-state index in [0.717, 1.165) is 0 Å². The Balaban J connectivity index is -0.0000000257. The first kappa shape index (κ1) is 36.5. The fourth-order valence-electron chi connectivity index (χ4n) is 0. The van der Waals surface area contributed by atoms with E-state index in [1.54, 1.807) is 0 Å². The largest absolute Gasteiger partial charge is 1.00 e. The van der Waals surface area contributed by atoms with Crippen LogP contribution in [0.2, 0.25) is 0 Å². The van der Waals surface area contributed by atoms with Crippen LogP contribution >= 0.6 is 0 Å². The third-order valence-corrected chi connectivity index (χ3v) is 0. The molecule has 8 nitrogen and oxygen atoms in total. The molecule has 0 unspecified atom stereocenters. The molecule has 0 aromatic carbocycles. The zero-order chi connectivity index (χ0) is 14.3. The van der Waals surface area contributed by atoms with Crippen molar-refractivity contribution >= 4 is 23.9 Å². The molecule has 0 amide bonds. The van der Waals surface area contributed by atoms with Crippen molar-refractivity contribution in [3.8, 4) is 0 Å². The quantitative estimate of drug-likeness (QED) is 0.418. The zero-order valence-electron chi connectivity index (χ0n) is 11.3. The molecule has 0 heterocycles. The second-order valence-corrected chi connectivity index (χ2v) is 2.35. The van der Waals surface area contributed by atoms with Gasteiger partial charge in [-0.1, -0.05) is 0 Å². The van der Waals surface area contributed by atoms with Crippen molar-refractivity contribution in [2.45, 2.75) is 27.7 Å². The van der Waals surface area contributed by atoms with Gasteiger partial charge in [-0.15, -0.1) is 0 Å². The topological polar surface area (TPSA) is 155 Å². The van der Waals surface area contributed by atoms with Gasteiger partial charge in [0.2, 0.25) is 0 Å². The number of carboxylic acid groups (broad SMARTS) is 4. The number of Topliss-reactive ketones (excluding diaryl/α,β-unsaturated/α-hetero) is 2. The van der Waals surface area contributed by atoms with Crippen LogP contribution in [0, 0.1) is 0 Å². The molecule has 0 saturated carbocycles. The molecule has 0 aromatic rings. The molecule has 0 aliphatic heterocycles. The smallest absolute Gasteiger partial charge is 0.652 e. The summed E-state index contributed by atoms with van der Waals surface area (Å²) in [7, 11) is 0. The Morgan fingerprint density at radius 1 is 0.722 bits per heavy atom. The standard InChI is InChI=1S/2C3H6O.2CH2O3.2K/c2*1-3(2)4;2*2-1(3)4;;/h2*1-2H3;2*(H2,2,3,4);;/q;;;;2*+1/p-2. The van der Waals surface area contributed by atoms with E-state index in [0.29, 0.717) is 0 Å². The van der Waals surface area contributed by atoms with Gasteiger partial charge in [0.25, 0.3) is 0 Å². The maximum Gasteiger partial charge on any atom is 1.00 e. The van der Waals surface area contributed by atoms with Crippen LogP contribution in [-0.2, 0) is 9.59 Å². The molecule has 96 valence electrons. The summed E-state index contributed by atoms with van der Waals surface area (Å²) in [4.78, 5) is 35.8. The van der Waals surface area contributed by atoms with Gasteiger partial charge in [-0.25, -0.2) is 4.79 Å². The van der Waals surface area contributed by atoms with Gasteiger partial charge in [-0.3, -0.25) is 0 Å². The summed E-state index contributed by atoms with van der Waals surface area (Å²) in [6.07, 6.45) is -4.17. The number of hydrogen-bond donors (Lipinski definition) is 2. The fraction of sp³-hybridized carbons (Fsp3) is 0.500. The van der Waals surface area contributed by atoms with Crippen LogP contribution in [0.5, 0.6) is 0 Å². The van der Waals surface area contributed by atoms with Gasteiger partial charge in [-0.2, -0.15) is 0 Å². The van der Waals surface area contributed by atoms with Crippen molar-refractivity contribution in [3.05, 3.63) is 0 Å². The van der Waals surface area contributed by atoms with E-state index in [9.17, 15) is 9.59 Å². The Kier molecular flexibility index (Phi) is 62.6. The van der Waals surface area contributed by atoms with E-state index in [1.807, 2.05) is 0 Å². The first-order valence-electron chi connectivity index (χ1n) is 3.67. The summed E-state index contributed by atoms with van der Waals surface area (Å²) in [6, 6.07) is 0. The second kappa shape index (κ2) is 30.9. The fourth-order valence-corrected chi connectivity index (χ4v) is 0. The minimum absolute atomic E-state index is 0. The molecule has 10 heteroatoms. The van der Waals surface area contributed by atoms with Crippen LogP contribution in [0.15, 0.2) is 0 Å². The maximum atomic E-state index is 9.44. The zero-order valence-corrected chi connectivity index (χ0v) is 17.6. The number of carbonyl (C=O) groups excluding carboxylic acids is 3. The van der Waals surface area contributed by atoms with E-state index in [4.69, 9.17) is 30.0 Å². The van der Waals surface area contributed by atoms with Gasteiger partial charge >= 0.3 is 109 Å². The van der Waals surface area contributed by atoms with Crippen molar-refractivity contribution in [1.82, 2.24) is 0 Å². The van der Waals surface area contributed by atoms with Gasteiger partial charge < -0.3 is 34.8 Å². The van der Waals surface area contributed by atoms with E-state index in [1.165, 1.54) is 27.7 Å². The van der Waals surface area contributed by atoms with Crippen LogP contribution in [-0.4, -0.2) is 34.1 Å². The molecule has 18 heavy (non-hydrogen) atoms. The summed E-state index contributed by atoms with van der Waals surface area (Å²) >= 11 is 0. The summed E-state index contributed by atoms with van der Waals surface area (Å²) in [5.41, 5.74) is 0. The molecule has 0 saturated heterocycles. The van der Waals surface area contributed by atoms with Gasteiger partial charge in [0.15, 0.2) is 0 Å². The number of hydrogen-bond acceptors (Lipinski definition) is 6. The molecule has 0 aliphatic carbocycles. The first-order chi connectivity index (χ1) is 6.93. The Morgan fingerprint density at radius 2 is 0.722 bits per heavy atom. The predicted molar refractivity (Wildman–Crippen MR) is 48.8 cm³/mol. The minimum Gasteiger partial charge on any atom is -0.652 e. The summed E-state index contributed by atoms with van der Waals surface area (Å²) in [6.45, 7) is 6.11. The van der Waals surface area contributed by atoms with Crippen LogP contribution in [0.4, 0.5) is 9.59 Å². The monoisotopic (exact) mass is 316 g/mol. The molecule has 0 fully saturated rings. The van der Waals surface area contributed by atoms with Crippen molar-refractivity contribution in [2.75, 3.05) is 0 Å². The summed E-state index contributed by atoms with van der Waals surface area (Å²) in [5.74, 6) is 0.333. The molecule has 0 spiro atoms. The third-order valence-electron chi connectivity index (χ3n) is 0. The van der Waals surface area contributed by atoms with E-state index >= 15 is 0 Å². The maximum absolute atomic E-state index is 9.44. The van der Waals surface area contributed by atoms with Crippen LogP contribution in [0.25, 0.3) is 0 Å². The molecule has 0 bridgehead atoms. The third kappa shape index (κ3) is 3370. The number of ketones is 2. The summed E-state index contributed by atoms with van der Waals surface area (Å²) in [5, 5.41) is 30.6. The van der Waals surface area contributed by atoms with Gasteiger partial charge in [0, 0.05) is 0 Å². The molecule has 0 rings (SSSR count). The predicted octanol–water partition coefficient (Wildman–Crippen LogP) is -7.03. The first-order valence-corrected chi connectivity index (χ1v) is 3.67. The van der Waals surface area contributed by atoms with Crippen LogP contribution < -0.4 is 113 Å². The van der Waals surface area contributed by atoms with Gasteiger partial charge in [-0.05, 0) is 33.9 Å². The Bertz CT molecular complexity index is 165. The van der Waals surface area contributed by atoms with Crippen molar-refractivity contribution < 1.29 is 142 Å². The number of carbonyl (C=O) groups is 4. The number of rotatable bonds is 0. The average molecular weight is 316 g/mol. The van der Waals surface area contributed by atoms with Crippen molar-refractivity contribution in [2.24, 2.45) is 0 Å². The Hall–Kier alpha value is 1.15. The molecule has 0 aromatic heterocycles. The molecule has 2 N–H and O–H groups in total. The Labute approximate surface area is 190 Å². The minimum atomic E-state index is -2.33. The molecule has 0 radical (unpaired) electrons. The van der Waals surface area contributed by atoms with Gasteiger partial charge in [0.05, 0.1) is 0 Å². The second-order valence-electron chi connectivity index (χ2n) is 2.35. The normalized spacial score (nSPS) is 5.56. The Morgan fingerprint density at radius 3 is 0.722 bits per heavy atom. The van der Waals surface area contributed by atoms with E-state index < -0.39 is 12.3 Å². The van der Waals surface area contributed by atoms with E-state index in [-0.39, 0.29) is 114 Å². The molecular formula is C8H14K2O8. The van der Waals surface area contributed by atoms with Crippen LogP contribution in [0.3, 0.4) is 0 Å². The van der Waals surface area contributed by atoms with Gasteiger partial charge in [0.1, 0.15) is 11.6 Å². The average Bonchev–Trinajstić information content (AvgIpc) is 1.76. The van der Waals surface area contributed by atoms with Crippen molar-refractivity contribution in [1.29, 1.82) is 0 Å². The molecule has 0 atom stereocenters.